The quantitative estimate of drug-likeness (QED) is 0.449. The predicted molar refractivity (Wildman–Crippen MR) is 127 cm³/mol. The second-order valence-corrected chi connectivity index (χ2v) is 8.90. The van der Waals surface area contributed by atoms with Crippen LogP contribution in [0.5, 0.6) is 11.5 Å². The van der Waals surface area contributed by atoms with Crippen LogP contribution in [0.3, 0.4) is 0 Å². The van der Waals surface area contributed by atoms with Crippen LogP contribution >= 0.6 is 11.3 Å². The summed E-state index contributed by atoms with van der Waals surface area (Å²) in [6, 6.07) is 19.5. The maximum atomic E-state index is 12.0. The van der Waals surface area contributed by atoms with Gasteiger partial charge in [-0.25, -0.2) is 0 Å². The van der Waals surface area contributed by atoms with E-state index >= 15 is 0 Å². The van der Waals surface area contributed by atoms with Gasteiger partial charge in [0.15, 0.2) is 11.5 Å². The lowest BCUT2D eigenvalue weighted by molar-refractivity contribution is -0.145. The molecule has 1 aromatic heterocycles. The van der Waals surface area contributed by atoms with E-state index in [1.807, 2.05) is 66.9 Å². The number of carboxylic acids is 1. The summed E-state index contributed by atoms with van der Waals surface area (Å²) >= 11 is 1.66. The van der Waals surface area contributed by atoms with Crippen LogP contribution in [0.15, 0.2) is 66.0 Å². The molecular formula is C26H29NO4S. The van der Waals surface area contributed by atoms with E-state index in [2.05, 4.69) is 11.0 Å². The van der Waals surface area contributed by atoms with Gasteiger partial charge in [0.25, 0.3) is 0 Å². The third-order valence-corrected chi connectivity index (χ3v) is 6.72. The Morgan fingerprint density at radius 1 is 1.09 bits per heavy atom. The van der Waals surface area contributed by atoms with Crippen molar-refractivity contribution in [2.24, 2.45) is 0 Å². The first kappa shape index (κ1) is 22.4. The highest BCUT2D eigenvalue weighted by Crippen LogP contribution is 2.40. The summed E-state index contributed by atoms with van der Waals surface area (Å²) in [5, 5.41) is 11.9. The molecule has 5 nitrogen and oxygen atoms in total. The number of thiophene rings is 1. The van der Waals surface area contributed by atoms with Gasteiger partial charge >= 0.3 is 5.97 Å². The summed E-state index contributed by atoms with van der Waals surface area (Å²) in [6.45, 7) is 3.70. The summed E-state index contributed by atoms with van der Waals surface area (Å²) in [5.41, 5.74) is 2.12. The highest BCUT2D eigenvalue weighted by Gasteiger charge is 2.35. The van der Waals surface area contributed by atoms with E-state index in [-0.39, 0.29) is 6.04 Å². The lowest BCUT2D eigenvalue weighted by atomic mass is 9.95. The van der Waals surface area contributed by atoms with Gasteiger partial charge in [0, 0.05) is 4.88 Å². The first-order chi connectivity index (χ1) is 15.7. The molecule has 0 bridgehead atoms. The molecule has 1 fully saturated rings. The molecule has 2 unspecified atom stereocenters. The molecule has 6 heteroatoms. The number of benzene rings is 2. The minimum Gasteiger partial charge on any atom is -0.490 e. The van der Waals surface area contributed by atoms with Crippen LogP contribution in [0.1, 0.15) is 48.2 Å². The molecule has 1 saturated heterocycles. The first-order valence-corrected chi connectivity index (χ1v) is 12.0. The molecule has 2 heterocycles. The van der Waals surface area contributed by atoms with Gasteiger partial charge in [-0.2, -0.15) is 0 Å². The topological polar surface area (TPSA) is 59.0 Å². The van der Waals surface area contributed by atoms with Gasteiger partial charge in [0.2, 0.25) is 0 Å². The number of rotatable bonds is 9. The Bertz CT molecular complexity index is 1010. The zero-order valence-electron chi connectivity index (χ0n) is 18.3. The fourth-order valence-corrected chi connectivity index (χ4v) is 5.18. The Morgan fingerprint density at radius 3 is 2.66 bits per heavy atom. The second-order valence-electron chi connectivity index (χ2n) is 7.92. The van der Waals surface area contributed by atoms with Gasteiger partial charge in [-0.1, -0.05) is 48.9 Å². The molecule has 0 amide bonds. The van der Waals surface area contributed by atoms with Crippen LogP contribution in [0.2, 0.25) is 0 Å². The number of carbonyl (C=O) groups is 1. The average Bonchev–Trinajstić information content (AvgIpc) is 3.34. The van der Waals surface area contributed by atoms with Crippen LogP contribution in [0.25, 0.3) is 0 Å². The molecule has 3 aromatic rings. The highest BCUT2D eigenvalue weighted by atomic mass is 32.1. The van der Waals surface area contributed by atoms with Crippen LogP contribution < -0.4 is 9.47 Å². The Labute approximate surface area is 193 Å². The second kappa shape index (κ2) is 10.7. The van der Waals surface area contributed by atoms with Crippen molar-refractivity contribution < 1.29 is 19.4 Å². The van der Waals surface area contributed by atoms with Crippen molar-refractivity contribution in [3.63, 3.8) is 0 Å². The van der Waals surface area contributed by atoms with Crippen molar-refractivity contribution in [2.75, 3.05) is 13.2 Å². The molecule has 1 N–H and O–H groups in total. The van der Waals surface area contributed by atoms with Crippen LogP contribution in [-0.4, -0.2) is 35.2 Å². The number of aliphatic carboxylic acids is 1. The van der Waals surface area contributed by atoms with E-state index in [0.717, 1.165) is 35.4 Å². The van der Waals surface area contributed by atoms with E-state index in [1.165, 1.54) is 0 Å². The summed E-state index contributed by atoms with van der Waals surface area (Å²) in [6.07, 6.45) is 2.62. The van der Waals surface area contributed by atoms with Crippen molar-refractivity contribution in [1.29, 1.82) is 0 Å². The lowest BCUT2D eigenvalue weighted by Crippen LogP contribution is -2.46. The van der Waals surface area contributed by atoms with E-state index in [4.69, 9.17) is 9.47 Å². The maximum Gasteiger partial charge on any atom is 0.320 e. The number of likely N-dealkylation sites (tertiary alicyclic amines) is 1. The van der Waals surface area contributed by atoms with E-state index in [0.29, 0.717) is 31.1 Å². The summed E-state index contributed by atoms with van der Waals surface area (Å²) < 4.78 is 12.0. The smallest absolute Gasteiger partial charge is 0.320 e. The number of hydrogen-bond acceptors (Lipinski definition) is 5. The monoisotopic (exact) mass is 451 g/mol. The molecule has 0 saturated carbocycles. The number of carboxylic acid groups (broad SMARTS) is 1. The molecule has 32 heavy (non-hydrogen) atoms. The van der Waals surface area contributed by atoms with Crippen molar-refractivity contribution in [3.8, 4) is 11.5 Å². The molecule has 0 radical (unpaired) electrons. The van der Waals surface area contributed by atoms with Crippen LogP contribution in [0.4, 0.5) is 0 Å². The van der Waals surface area contributed by atoms with Crippen molar-refractivity contribution in [2.45, 2.75) is 44.9 Å². The highest BCUT2D eigenvalue weighted by molar-refractivity contribution is 7.10. The predicted octanol–water partition coefficient (Wildman–Crippen LogP) is 5.75. The number of nitrogens with zero attached hydrogens (tertiary/aromatic N) is 1. The molecular weight excluding hydrogens is 422 g/mol. The summed E-state index contributed by atoms with van der Waals surface area (Å²) in [4.78, 5) is 15.3. The van der Waals surface area contributed by atoms with Gasteiger partial charge in [0.1, 0.15) is 12.6 Å². The zero-order valence-corrected chi connectivity index (χ0v) is 19.1. The fraction of sp³-hybridized carbons (Fsp3) is 0.346. The van der Waals surface area contributed by atoms with Gasteiger partial charge in [-0.05, 0) is 61.0 Å². The SMILES string of the molecule is CCOc1cc(C(c2cccs2)N2CCCCC2C(=O)O)ccc1OCc1ccccc1. The molecule has 4 rings (SSSR count). The normalized spacial score (nSPS) is 17.6. The average molecular weight is 452 g/mol. The largest absolute Gasteiger partial charge is 0.490 e. The van der Waals surface area contributed by atoms with Crippen molar-refractivity contribution >= 4 is 17.3 Å². The number of hydrogen-bond donors (Lipinski definition) is 1. The molecule has 0 aliphatic carbocycles. The third kappa shape index (κ3) is 5.14. The Kier molecular flexibility index (Phi) is 7.45. The molecule has 2 atom stereocenters. The van der Waals surface area contributed by atoms with E-state index < -0.39 is 12.0 Å². The molecule has 0 spiro atoms. The van der Waals surface area contributed by atoms with Gasteiger partial charge in [0.05, 0.1) is 12.6 Å². The molecule has 1 aliphatic rings. The molecule has 2 aromatic carbocycles. The third-order valence-electron chi connectivity index (χ3n) is 5.79. The van der Waals surface area contributed by atoms with Crippen LogP contribution in [-0.2, 0) is 11.4 Å². The summed E-state index contributed by atoms with van der Waals surface area (Å²) in [7, 11) is 0. The molecule has 1 aliphatic heterocycles. The lowest BCUT2D eigenvalue weighted by Gasteiger charge is -2.39. The minimum absolute atomic E-state index is 0.126. The van der Waals surface area contributed by atoms with Crippen LogP contribution in [0, 0.1) is 0 Å². The fourth-order valence-electron chi connectivity index (χ4n) is 4.31. The Morgan fingerprint density at radius 2 is 1.94 bits per heavy atom. The Hall–Kier alpha value is -2.83. The summed E-state index contributed by atoms with van der Waals surface area (Å²) in [5.74, 6) is 0.628. The first-order valence-electron chi connectivity index (χ1n) is 11.1. The minimum atomic E-state index is -0.751. The van der Waals surface area contributed by atoms with Crippen molar-refractivity contribution in [1.82, 2.24) is 4.90 Å². The van der Waals surface area contributed by atoms with Gasteiger partial charge < -0.3 is 14.6 Å². The number of ether oxygens (including phenoxy) is 2. The molecule has 168 valence electrons. The zero-order chi connectivity index (χ0) is 22.3. The standard InChI is InChI=1S/C26H29NO4S/c1-2-30-23-17-20(13-14-22(23)31-18-19-9-4-3-5-10-19)25(24-12-8-16-32-24)27-15-7-6-11-21(27)26(28)29/h3-5,8-10,12-14,16-17,21,25H,2,6-7,11,15,18H2,1H3,(H,28,29). The maximum absolute atomic E-state index is 12.0. The van der Waals surface area contributed by atoms with E-state index in [1.54, 1.807) is 11.3 Å². The Balaban J connectivity index is 1.66. The van der Waals surface area contributed by atoms with Gasteiger partial charge in [-0.15, -0.1) is 11.3 Å². The number of piperidine rings is 1. The van der Waals surface area contributed by atoms with Gasteiger partial charge in [-0.3, -0.25) is 9.69 Å². The van der Waals surface area contributed by atoms with E-state index in [9.17, 15) is 9.90 Å². The van der Waals surface area contributed by atoms with Crippen molar-refractivity contribution in [3.05, 3.63) is 82.0 Å².